The molecule has 1 rings (SSSR count). The molecular formula is C12H17F2N. The van der Waals surface area contributed by atoms with E-state index in [1.807, 2.05) is 0 Å². The van der Waals surface area contributed by atoms with E-state index in [-0.39, 0.29) is 5.56 Å². The third kappa shape index (κ3) is 2.53. The molecule has 0 aliphatic heterocycles. The number of nitrogens with two attached hydrogens (primary N) is 1. The minimum atomic E-state index is -1.72. The van der Waals surface area contributed by atoms with Gasteiger partial charge in [-0.25, -0.2) is 8.78 Å². The Balaban J connectivity index is 3.48. The fourth-order valence-corrected chi connectivity index (χ4v) is 1.67. The Bertz CT molecular complexity index is 359. The summed E-state index contributed by atoms with van der Waals surface area (Å²) in [5.74, 6) is -0.543. The zero-order valence-electron chi connectivity index (χ0n) is 9.57. The molecule has 0 aliphatic rings. The second-order valence-electron chi connectivity index (χ2n) is 4.86. The molecule has 0 saturated heterocycles. The van der Waals surface area contributed by atoms with Gasteiger partial charge in [0.15, 0.2) is 0 Å². The topological polar surface area (TPSA) is 26.0 Å². The van der Waals surface area contributed by atoms with Crippen molar-refractivity contribution in [3.63, 3.8) is 0 Å². The molecule has 1 aromatic carbocycles. The zero-order valence-corrected chi connectivity index (χ0v) is 9.57. The molecule has 0 fully saturated rings. The van der Waals surface area contributed by atoms with Gasteiger partial charge in [0, 0.05) is 11.1 Å². The van der Waals surface area contributed by atoms with E-state index >= 15 is 0 Å². The highest BCUT2D eigenvalue weighted by Crippen LogP contribution is 2.34. The van der Waals surface area contributed by atoms with Crippen molar-refractivity contribution < 1.29 is 8.78 Å². The predicted octanol–water partition coefficient (Wildman–Crippen LogP) is 3.22. The Labute approximate surface area is 89.3 Å². The lowest BCUT2D eigenvalue weighted by molar-refractivity contribution is 0.209. The first-order valence-corrected chi connectivity index (χ1v) is 4.91. The van der Waals surface area contributed by atoms with Crippen LogP contribution in [0.15, 0.2) is 18.2 Å². The van der Waals surface area contributed by atoms with Crippen LogP contribution in [0.4, 0.5) is 8.78 Å². The van der Waals surface area contributed by atoms with Gasteiger partial charge in [0.05, 0.1) is 0 Å². The summed E-state index contributed by atoms with van der Waals surface area (Å²) in [6, 6.07) is 4.47. The Hall–Kier alpha value is -0.960. The lowest BCUT2D eigenvalue weighted by Gasteiger charge is -2.27. The van der Waals surface area contributed by atoms with E-state index in [4.69, 9.17) is 5.73 Å². The smallest absolute Gasteiger partial charge is 0.133 e. The molecule has 84 valence electrons. The zero-order chi connectivity index (χ0) is 11.9. The van der Waals surface area contributed by atoms with Crippen molar-refractivity contribution in [1.82, 2.24) is 0 Å². The number of rotatable bonds is 2. The first kappa shape index (κ1) is 12.1. The normalized spacial score (nSPS) is 13.0. The summed E-state index contributed by atoms with van der Waals surface area (Å²) in [6.07, 6.45) is 0. The van der Waals surface area contributed by atoms with Crippen LogP contribution in [0, 0.1) is 5.82 Å². The summed E-state index contributed by atoms with van der Waals surface area (Å²) < 4.78 is 27.5. The van der Waals surface area contributed by atoms with Gasteiger partial charge >= 0.3 is 0 Å². The third-order valence-corrected chi connectivity index (χ3v) is 2.30. The minimum Gasteiger partial charge on any atom is -0.322 e. The first-order valence-electron chi connectivity index (χ1n) is 4.91. The predicted molar refractivity (Wildman–Crippen MR) is 57.7 cm³/mol. The van der Waals surface area contributed by atoms with Crippen LogP contribution in [0.1, 0.15) is 38.8 Å². The first-order chi connectivity index (χ1) is 6.64. The van der Waals surface area contributed by atoms with E-state index in [2.05, 4.69) is 0 Å². The maximum Gasteiger partial charge on any atom is 0.133 e. The van der Waals surface area contributed by atoms with E-state index in [0.29, 0.717) is 5.56 Å². The summed E-state index contributed by atoms with van der Waals surface area (Å²) in [4.78, 5) is 0. The van der Waals surface area contributed by atoms with Crippen molar-refractivity contribution in [1.29, 1.82) is 0 Å². The van der Waals surface area contributed by atoms with E-state index in [9.17, 15) is 8.78 Å². The summed E-state index contributed by atoms with van der Waals surface area (Å²) in [5, 5.41) is 0. The van der Waals surface area contributed by atoms with Crippen LogP contribution < -0.4 is 5.73 Å². The van der Waals surface area contributed by atoms with Crippen molar-refractivity contribution in [2.24, 2.45) is 5.73 Å². The van der Waals surface area contributed by atoms with Gasteiger partial charge in [-0.1, -0.05) is 12.1 Å². The van der Waals surface area contributed by atoms with Crippen LogP contribution in [-0.2, 0) is 11.2 Å². The molecular weight excluding hydrogens is 196 g/mol. The SMILES string of the molecule is CC(C)(N)c1cccc(F)c1C(C)(C)F. The van der Waals surface area contributed by atoms with Gasteiger partial charge in [-0.3, -0.25) is 0 Å². The molecule has 1 aromatic rings. The van der Waals surface area contributed by atoms with Gasteiger partial charge in [-0.15, -0.1) is 0 Å². The average molecular weight is 213 g/mol. The van der Waals surface area contributed by atoms with Crippen LogP contribution in [-0.4, -0.2) is 0 Å². The molecule has 0 aromatic heterocycles. The lowest BCUT2D eigenvalue weighted by Crippen LogP contribution is -2.32. The van der Waals surface area contributed by atoms with Gasteiger partial charge in [0.2, 0.25) is 0 Å². The summed E-state index contributed by atoms with van der Waals surface area (Å²) in [7, 11) is 0. The third-order valence-electron chi connectivity index (χ3n) is 2.30. The quantitative estimate of drug-likeness (QED) is 0.802. The maximum absolute atomic E-state index is 13.9. The molecule has 0 heterocycles. The second-order valence-corrected chi connectivity index (χ2v) is 4.86. The molecule has 0 aliphatic carbocycles. The molecule has 0 amide bonds. The van der Waals surface area contributed by atoms with E-state index < -0.39 is 17.0 Å². The highest BCUT2D eigenvalue weighted by atomic mass is 19.1. The molecule has 0 atom stereocenters. The van der Waals surface area contributed by atoms with Crippen molar-refractivity contribution in [3.8, 4) is 0 Å². The number of halogens is 2. The molecule has 0 spiro atoms. The van der Waals surface area contributed by atoms with Gasteiger partial charge in [-0.05, 0) is 39.3 Å². The van der Waals surface area contributed by atoms with Crippen LogP contribution in [0.25, 0.3) is 0 Å². The van der Waals surface area contributed by atoms with Crippen molar-refractivity contribution in [3.05, 3.63) is 35.1 Å². The van der Waals surface area contributed by atoms with Crippen LogP contribution in [0.5, 0.6) is 0 Å². The molecule has 3 heteroatoms. The fraction of sp³-hybridized carbons (Fsp3) is 0.500. The number of hydrogen-bond donors (Lipinski definition) is 1. The molecule has 1 nitrogen and oxygen atoms in total. The molecule has 0 unspecified atom stereocenters. The fourth-order valence-electron chi connectivity index (χ4n) is 1.67. The highest BCUT2D eigenvalue weighted by Gasteiger charge is 2.31. The van der Waals surface area contributed by atoms with Crippen LogP contribution >= 0.6 is 0 Å². The van der Waals surface area contributed by atoms with Crippen molar-refractivity contribution >= 4 is 0 Å². The van der Waals surface area contributed by atoms with Gasteiger partial charge in [-0.2, -0.15) is 0 Å². The molecule has 2 N–H and O–H groups in total. The van der Waals surface area contributed by atoms with Crippen molar-refractivity contribution in [2.45, 2.75) is 38.9 Å². The number of benzene rings is 1. The Morgan fingerprint density at radius 3 is 2.00 bits per heavy atom. The Morgan fingerprint density at radius 1 is 1.13 bits per heavy atom. The summed E-state index contributed by atoms with van der Waals surface area (Å²) >= 11 is 0. The van der Waals surface area contributed by atoms with Crippen LogP contribution in [0.3, 0.4) is 0 Å². The number of alkyl halides is 1. The average Bonchev–Trinajstić information content (AvgIpc) is 1.99. The van der Waals surface area contributed by atoms with E-state index in [1.165, 1.54) is 19.9 Å². The summed E-state index contributed by atoms with van der Waals surface area (Å²) in [5.41, 5.74) is 3.98. The maximum atomic E-state index is 13.9. The van der Waals surface area contributed by atoms with Gasteiger partial charge in [0.1, 0.15) is 11.5 Å². The molecule has 0 radical (unpaired) electrons. The number of hydrogen-bond acceptors (Lipinski definition) is 1. The minimum absolute atomic E-state index is 0.0532. The molecule has 15 heavy (non-hydrogen) atoms. The van der Waals surface area contributed by atoms with E-state index in [1.54, 1.807) is 26.0 Å². The summed E-state index contributed by atoms with van der Waals surface area (Å²) in [6.45, 7) is 6.13. The second kappa shape index (κ2) is 3.56. The standard InChI is InChI=1S/C12H17F2N/c1-11(2,14)10-8(12(3,4)15)6-5-7-9(10)13/h5-7H,15H2,1-4H3. The lowest BCUT2D eigenvalue weighted by atomic mass is 9.84. The highest BCUT2D eigenvalue weighted by molar-refractivity contribution is 5.37. The Morgan fingerprint density at radius 2 is 1.67 bits per heavy atom. The van der Waals surface area contributed by atoms with E-state index in [0.717, 1.165) is 0 Å². The molecule has 0 bridgehead atoms. The van der Waals surface area contributed by atoms with Gasteiger partial charge in [0.25, 0.3) is 0 Å². The largest absolute Gasteiger partial charge is 0.322 e. The van der Waals surface area contributed by atoms with Crippen LogP contribution in [0.2, 0.25) is 0 Å². The Kier molecular flexibility index (Phi) is 2.88. The van der Waals surface area contributed by atoms with Gasteiger partial charge < -0.3 is 5.73 Å². The molecule has 0 saturated carbocycles. The van der Waals surface area contributed by atoms with Crippen molar-refractivity contribution in [2.75, 3.05) is 0 Å². The monoisotopic (exact) mass is 213 g/mol.